The Labute approximate surface area is 144 Å². The summed E-state index contributed by atoms with van der Waals surface area (Å²) in [4.78, 5) is 0. The van der Waals surface area contributed by atoms with Gasteiger partial charge in [0.15, 0.2) is 0 Å². The number of hydrogen-bond donors (Lipinski definition) is 2. The van der Waals surface area contributed by atoms with E-state index >= 15 is 0 Å². The van der Waals surface area contributed by atoms with Crippen molar-refractivity contribution in [3.8, 4) is 0 Å². The second-order valence-electron chi connectivity index (χ2n) is 8.30. The molecule has 1 unspecified atom stereocenters. The number of hydrogen-bond acceptors (Lipinski definition) is 4. The molecule has 0 amide bonds. The van der Waals surface area contributed by atoms with Gasteiger partial charge in [-0.3, -0.25) is 5.10 Å². The summed E-state index contributed by atoms with van der Waals surface area (Å²) in [5.74, 6) is 3.34. The maximum atomic E-state index is 4.37. The van der Waals surface area contributed by atoms with E-state index in [0.717, 1.165) is 37.7 Å². The van der Waals surface area contributed by atoms with Crippen LogP contribution in [0.5, 0.6) is 0 Å². The summed E-state index contributed by atoms with van der Waals surface area (Å²) >= 11 is 0. The molecule has 0 aliphatic carbocycles. The minimum absolute atomic E-state index is 0.0991. The van der Waals surface area contributed by atoms with Crippen molar-refractivity contribution in [3.05, 3.63) is 29.1 Å². The molecular weight excluding hydrogens is 300 g/mol. The number of aryl methyl sites for hydroxylation is 1. The van der Waals surface area contributed by atoms with Gasteiger partial charge in [-0.05, 0) is 18.9 Å². The Hall–Kier alpha value is -1.69. The molecule has 2 N–H and O–H groups in total. The third kappa shape index (κ3) is 3.53. The Morgan fingerprint density at radius 2 is 2.12 bits per heavy atom. The van der Waals surface area contributed by atoms with E-state index < -0.39 is 0 Å². The summed E-state index contributed by atoms with van der Waals surface area (Å²) in [5, 5.41) is 19.7. The summed E-state index contributed by atoms with van der Waals surface area (Å²) in [6, 6.07) is 0. The summed E-state index contributed by atoms with van der Waals surface area (Å²) in [7, 11) is 0. The van der Waals surface area contributed by atoms with E-state index in [4.69, 9.17) is 0 Å². The van der Waals surface area contributed by atoms with E-state index in [9.17, 15) is 0 Å². The van der Waals surface area contributed by atoms with Gasteiger partial charge >= 0.3 is 0 Å². The smallest absolute Gasteiger partial charge is 0.135 e. The van der Waals surface area contributed by atoms with E-state index in [1.807, 2.05) is 6.20 Å². The molecule has 0 fully saturated rings. The highest BCUT2D eigenvalue weighted by atomic mass is 15.3. The molecule has 0 spiro atoms. The molecule has 3 rings (SSSR count). The molecule has 2 aromatic heterocycles. The van der Waals surface area contributed by atoms with Crippen LogP contribution < -0.4 is 5.32 Å². The first-order chi connectivity index (χ1) is 11.4. The predicted molar refractivity (Wildman–Crippen MR) is 94.9 cm³/mol. The second kappa shape index (κ2) is 6.67. The van der Waals surface area contributed by atoms with Crippen LogP contribution in [0.4, 0.5) is 0 Å². The predicted octanol–water partition coefficient (Wildman–Crippen LogP) is 2.77. The molecule has 0 saturated heterocycles. The van der Waals surface area contributed by atoms with Crippen LogP contribution in [0.15, 0.2) is 6.20 Å². The van der Waals surface area contributed by atoms with Crippen LogP contribution in [0.3, 0.4) is 0 Å². The second-order valence-corrected chi connectivity index (χ2v) is 8.30. The van der Waals surface area contributed by atoms with Crippen LogP contribution in [-0.2, 0) is 24.9 Å². The van der Waals surface area contributed by atoms with E-state index in [1.54, 1.807) is 0 Å². The van der Waals surface area contributed by atoms with Crippen molar-refractivity contribution in [2.24, 2.45) is 5.92 Å². The zero-order valence-corrected chi connectivity index (χ0v) is 15.6. The van der Waals surface area contributed by atoms with Crippen molar-refractivity contribution in [2.45, 2.75) is 71.9 Å². The van der Waals surface area contributed by atoms with Gasteiger partial charge < -0.3 is 9.88 Å². The van der Waals surface area contributed by atoms with Crippen LogP contribution in [0, 0.1) is 5.92 Å². The van der Waals surface area contributed by atoms with Gasteiger partial charge in [-0.1, -0.05) is 34.6 Å². The van der Waals surface area contributed by atoms with Crippen molar-refractivity contribution in [2.75, 3.05) is 6.54 Å². The van der Waals surface area contributed by atoms with Crippen LogP contribution in [0.1, 0.15) is 69.9 Å². The van der Waals surface area contributed by atoms with Gasteiger partial charge in [0.2, 0.25) is 0 Å². The molecule has 0 aromatic carbocycles. The molecule has 0 saturated carbocycles. The van der Waals surface area contributed by atoms with Gasteiger partial charge in [-0.2, -0.15) is 5.10 Å². The standard InChI is InChI=1S/C18H30N6/c1-12(2)17-23-21-15-7-6-13(11-24(15)17)8-19-9-14-10-20-22-16(14)18(3,4)5/h10,12-13,19H,6-9,11H2,1-5H3,(H,20,22). The maximum absolute atomic E-state index is 4.37. The molecule has 0 radical (unpaired) electrons. The molecule has 2 aromatic rings. The summed E-state index contributed by atoms with van der Waals surface area (Å²) in [5.41, 5.74) is 2.59. The molecular formula is C18H30N6. The Bertz CT molecular complexity index is 676. The monoisotopic (exact) mass is 330 g/mol. The fourth-order valence-electron chi connectivity index (χ4n) is 3.51. The number of fused-ring (bicyclic) bond motifs is 1. The zero-order valence-electron chi connectivity index (χ0n) is 15.6. The molecule has 132 valence electrons. The average Bonchev–Trinajstić information content (AvgIpc) is 3.12. The highest BCUT2D eigenvalue weighted by molar-refractivity contribution is 5.23. The number of aromatic nitrogens is 5. The van der Waals surface area contributed by atoms with Crippen molar-refractivity contribution in [3.63, 3.8) is 0 Å². The lowest BCUT2D eigenvalue weighted by molar-refractivity contribution is 0.339. The molecule has 1 atom stereocenters. The molecule has 6 heteroatoms. The van der Waals surface area contributed by atoms with Crippen LogP contribution >= 0.6 is 0 Å². The minimum atomic E-state index is 0.0991. The van der Waals surface area contributed by atoms with Crippen molar-refractivity contribution in [1.29, 1.82) is 0 Å². The fourth-order valence-corrected chi connectivity index (χ4v) is 3.51. The average molecular weight is 330 g/mol. The number of nitrogens with one attached hydrogen (secondary N) is 2. The summed E-state index contributed by atoms with van der Waals surface area (Å²) in [6.07, 6.45) is 4.16. The van der Waals surface area contributed by atoms with E-state index in [0.29, 0.717) is 11.8 Å². The Morgan fingerprint density at radius 1 is 1.33 bits per heavy atom. The van der Waals surface area contributed by atoms with E-state index in [1.165, 1.54) is 17.7 Å². The highest BCUT2D eigenvalue weighted by Crippen LogP contribution is 2.25. The number of aromatic amines is 1. The zero-order chi connectivity index (χ0) is 17.3. The van der Waals surface area contributed by atoms with Gasteiger partial charge in [-0.25, -0.2) is 0 Å². The van der Waals surface area contributed by atoms with Crippen molar-refractivity contribution >= 4 is 0 Å². The third-order valence-electron chi connectivity index (χ3n) is 4.81. The molecule has 3 heterocycles. The molecule has 1 aliphatic rings. The van der Waals surface area contributed by atoms with Gasteiger partial charge in [0, 0.05) is 42.1 Å². The maximum Gasteiger partial charge on any atom is 0.135 e. The Morgan fingerprint density at radius 3 is 2.83 bits per heavy atom. The van der Waals surface area contributed by atoms with Crippen LogP contribution in [-0.4, -0.2) is 31.5 Å². The fraction of sp³-hybridized carbons (Fsp3) is 0.722. The van der Waals surface area contributed by atoms with E-state index in [-0.39, 0.29) is 5.41 Å². The molecule has 1 aliphatic heterocycles. The van der Waals surface area contributed by atoms with Gasteiger partial charge in [-0.15, -0.1) is 10.2 Å². The van der Waals surface area contributed by atoms with Crippen LogP contribution in [0.25, 0.3) is 0 Å². The van der Waals surface area contributed by atoms with Crippen molar-refractivity contribution in [1.82, 2.24) is 30.3 Å². The lowest BCUT2D eigenvalue weighted by Crippen LogP contribution is -2.31. The Balaban J connectivity index is 1.57. The number of rotatable bonds is 5. The number of nitrogens with zero attached hydrogens (tertiary/aromatic N) is 4. The van der Waals surface area contributed by atoms with Gasteiger partial charge in [0.25, 0.3) is 0 Å². The van der Waals surface area contributed by atoms with Gasteiger partial charge in [0.1, 0.15) is 11.6 Å². The van der Waals surface area contributed by atoms with Crippen LogP contribution in [0.2, 0.25) is 0 Å². The first-order valence-corrected chi connectivity index (χ1v) is 9.01. The summed E-state index contributed by atoms with van der Waals surface area (Å²) < 4.78 is 2.33. The van der Waals surface area contributed by atoms with Crippen molar-refractivity contribution < 1.29 is 0 Å². The normalized spacial score (nSPS) is 18.2. The Kier molecular flexibility index (Phi) is 4.76. The first kappa shape index (κ1) is 17.1. The third-order valence-corrected chi connectivity index (χ3v) is 4.81. The first-order valence-electron chi connectivity index (χ1n) is 9.01. The SMILES string of the molecule is CC(C)c1nnc2n1CC(CNCc1cn[nH]c1C(C)(C)C)CC2. The highest BCUT2D eigenvalue weighted by Gasteiger charge is 2.24. The molecule has 6 nitrogen and oxygen atoms in total. The van der Waals surface area contributed by atoms with E-state index in [2.05, 4.69) is 64.9 Å². The quantitative estimate of drug-likeness (QED) is 0.884. The summed E-state index contributed by atoms with van der Waals surface area (Å²) in [6.45, 7) is 13.9. The number of H-pyrrole nitrogens is 1. The topological polar surface area (TPSA) is 71.4 Å². The minimum Gasteiger partial charge on any atom is -0.314 e. The lowest BCUT2D eigenvalue weighted by Gasteiger charge is -2.25. The largest absolute Gasteiger partial charge is 0.314 e. The molecule has 24 heavy (non-hydrogen) atoms. The molecule has 0 bridgehead atoms. The van der Waals surface area contributed by atoms with Gasteiger partial charge in [0.05, 0.1) is 6.20 Å². The lowest BCUT2D eigenvalue weighted by atomic mass is 9.89.